The molecule has 3 nitrogen and oxygen atoms in total. The summed E-state index contributed by atoms with van der Waals surface area (Å²) in [6, 6.07) is 9.76. The topological polar surface area (TPSA) is 46.5 Å². The Morgan fingerprint density at radius 1 is 1.44 bits per heavy atom. The minimum absolute atomic E-state index is 0.0409. The summed E-state index contributed by atoms with van der Waals surface area (Å²) in [5.41, 5.74) is 1.06. The number of carbonyl (C=O) groups is 1. The van der Waals surface area contributed by atoms with Gasteiger partial charge in [-0.1, -0.05) is 36.4 Å². The van der Waals surface area contributed by atoms with Crippen LogP contribution in [0.3, 0.4) is 0 Å². The van der Waals surface area contributed by atoms with Gasteiger partial charge in [0.05, 0.1) is 12.5 Å². The largest absolute Gasteiger partial charge is 0.461 e. The van der Waals surface area contributed by atoms with Crippen LogP contribution in [0, 0.1) is 0 Å². The molecule has 1 unspecified atom stereocenters. The van der Waals surface area contributed by atoms with Gasteiger partial charge < -0.3 is 9.84 Å². The zero-order valence-electron chi connectivity index (χ0n) is 9.30. The first-order valence-electron chi connectivity index (χ1n) is 5.24. The molecule has 0 heterocycles. The highest BCUT2D eigenvalue weighted by atomic mass is 16.5. The highest BCUT2D eigenvalue weighted by Gasteiger charge is 2.05. The van der Waals surface area contributed by atoms with E-state index in [1.54, 1.807) is 13.0 Å². The summed E-state index contributed by atoms with van der Waals surface area (Å²) in [5, 5.41) is 8.94. The first-order valence-corrected chi connectivity index (χ1v) is 5.24. The number of hydrogen-bond donors (Lipinski definition) is 1. The number of hydrogen-bond acceptors (Lipinski definition) is 3. The minimum atomic E-state index is -0.648. The van der Waals surface area contributed by atoms with Gasteiger partial charge in [0.1, 0.15) is 6.61 Å². The fourth-order valence-corrected chi connectivity index (χ4v) is 1.19. The van der Waals surface area contributed by atoms with Crippen molar-refractivity contribution in [3.63, 3.8) is 0 Å². The van der Waals surface area contributed by atoms with Crippen LogP contribution >= 0.6 is 0 Å². The third-order valence-electron chi connectivity index (χ3n) is 1.91. The van der Waals surface area contributed by atoms with Crippen LogP contribution in [0.15, 0.2) is 36.4 Å². The van der Waals surface area contributed by atoms with Crippen LogP contribution in [-0.4, -0.2) is 23.8 Å². The number of ether oxygens (including phenoxy) is 1. The zero-order chi connectivity index (χ0) is 11.8. The van der Waals surface area contributed by atoms with E-state index in [0.29, 0.717) is 0 Å². The fourth-order valence-electron chi connectivity index (χ4n) is 1.19. The molecule has 0 aliphatic rings. The highest BCUT2D eigenvalue weighted by Crippen LogP contribution is 2.01. The number of aliphatic hydroxyl groups is 1. The molecule has 16 heavy (non-hydrogen) atoms. The summed E-state index contributed by atoms with van der Waals surface area (Å²) in [6.07, 6.45) is 3.05. The molecule has 0 bridgehead atoms. The van der Waals surface area contributed by atoms with Crippen molar-refractivity contribution in [2.45, 2.75) is 19.4 Å². The quantitative estimate of drug-likeness (QED) is 0.772. The van der Waals surface area contributed by atoms with E-state index in [2.05, 4.69) is 0 Å². The molecule has 0 saturated heterocycles. The van der Waals surface area contributed by atoms with Crippen LogP contribution in [0.5, 0.6) is 0 Å². The number of aliphatic hydroxyl groups excluding tert-OH is 1. The fraction of sp³-hybridized carbons (Fsp3) is 0.308. The standard InChI is InChI=1S/C13H16O3/c1-11(14)10-13(15)16-9-5-8-12-6-3-2-4-7-12/h2-8,11,14H,9-10H2,1H3/b8-5+. The maximum absolute atomic E-state index is 11.0. The van der Waals surface area contributed by atoms with E-state index in [4.69, 9.17) is 9.84 Å². The average Bonchev–Trinajstić information content (AvgIpc) is 2.25. The molecule has 3 heteroatoms. The van der Waals surface area contributed by atoms with Crippen molar-refractivity contribution < 1.29 is 14.6 Å². The van der Waals surface area contributed by atoms with Crippen molar-refractivity contribution in [1.82, 2.24) is 0 Å². The van der Waals surface area contributed by atoms with Gasteiger partial charge in [-0.25, -0.2) is 0 Å². The van der Waals surface area contributed by atoms with Gasteiger partial charge in [-0.15, -0.1) is 0 Å². The first kappa shape index (κ1) is 12.5. The van der Waals surface area contributed by atoms with Gasteiger partial charge >= 0.3 is 5.97 Å². The third kappa shape index (κ3) is 5.32. The van der Waals surface area contributed by atoms with Crippen molar-refractivity contribution in [2.75, 3.05) is 6.61 Å². The molecule has 0 aliphatic heterocycles. The second kappa shape index (κ2) is 6.80. The van der Waals surface area contributed by atoms with E-state index in [0.717, 1.165) is 5.56 Å². The molecule has 0 radical (unpaired) electrons. The van der Waals surface area contributed by atoms with Gasteiger partial charge in [0.2, 0.25) is 0 Å². The lowest BCUT2D eigenvalue weighted by atomic mass is 10.2. The SMILES string of the molecule is CC(O)CC(=O)OC/C=C/c1ccccc1. The van der Waals surface area contributed by atoms with Gasteiger partial charge in [-0.2, -0.15) is 0 Å². The smallest absolute Gasteiger partial charge is 0.308 e. The summed E-state index contributed by atoms with van der Waals surface area (Å²) in [5.74, 6) is -0.382. The van der Waals surface area contributed by atoms with Gasteiger partial charge in [-0.3, -0.25) is 4.79 Å². The second-order valence-electron chi connectivity index (χ2n) is 3.55. The Labute approximate surface area is 95.4 Å². The normalized spacial score (nSPS) is 12.6. The molecule has 0 aliphatic carbocycles. The Hall–Kier alpha value is -1.61. The van der Waals surface area contributed by atoms with Crippen LogP contribution in [0.25, 0.3) is 6.08 Å². The van der Waals surface area contributed by atoms with Crippen molar-refractivity contribution in [1.29, 1.82) is 0 Å². The molecule has 0 amide bonds. The van der Waals surface area contributed by atoms with E-state index in [-0.39, 0.29) is 19.0 Å². The van der Waals surface area contributed by atoms with Gasteiger partial charge in [0, 0.05) is 0 Å². The molecule has 1 N–H and O–H groups in total. The molecular formula is C13H16O3. The maximum atomic E-state index is 11.0. The molecule has 86 valence electrons. The maximum Gasteiger partial charge on any atom is 0.308 e. The highest BCUT2D eigenvalue weighted by molar-refractivity contribution is 5.70. The monoisotopic (exact) mass is 220 g/mol. The van der Waals surface area contributed by atoms with Gasteiger partial charge in [0.25, 0.3) is 0 Å². The van der Waals surface area contributed by atoms with E-state index in [1.807, 2.05) is 36.4 Å². The van der Waals surface area contributed by atoms with E-state index >= 15 is 0 Å². The van der Waals surface area contributed by atoms with E-state index < -0.39 is 6.10 Å². The Balaban J connectivity index is 2.25. The van der Waals surface area contributed by atoms with Crippen LogP contribution in [0.1, 0.15) is 18.9 Å². The predicted molar refractivity (Wildman–Crippen MR) is 62.7 cm³/mol. The lowest BCUT2D eigenvalue weighted by Crippen LogP contribution is -2.12. The van der Waals surface area contributed by atoms with E-state index in [9.17, 15) is 4.79 Å². The number of rotatable bonds is 5. The Bertz CT molecular complexity index is 341. The summed E-state index contributed by atoms with van der Waals surface area (Å²) in [4.78, 5) is 11.0. The summed E-state index contributed by atoms with van der Waals surface area (Å²) >= 11 is 0. The van der Waals surface area contributed by atoms with Crippen LogP contribution in [0.4, 0.5) is 0 Å². The lowest BCUT2D eigenvalue weighted by Gasteiger charge is -2.03. The van der Waals surface area contributed by atoms with Crippen molar-refractivity contribution in [3.05, 3.63) is 42.0 Å². The van der Waals surface area contributed by atoms with Gasteiger partial charge in [0.15, 0.2) is 0 Å². The molecule has 0 spiro atoms. The van der Waals surface area contributed by atoms with Gasteiger partial charge in [-0.05, 0) is 18.6 Å². The second-order valence-corrected chi connectivity index (χ2v) is 3.55. The minimum Gasteiger partial charge on any atom is -0.461 e. The van der Waals surface area contributed by atoms with E-state index in [1.165, 1.54) is 0 Å². The molecular weight excluding hydrogens is 204 g/mol. The first-order chi connectivity index (χ1) is 7.68. The number of benzene rings is 1. The third-order valence-corrected chi connectivity index (χ3v) is 1.91. The summed E-state index contributed by atoms with van der Waals surface area (Å²) < 4.78 is 4.89. The zero-order valence-corrected chi connectivity index (χ0v) is 9.30. The Kier molecular flexibility index (Phi) is 5.29. The summed E-state index contributed by atoms with van der Waals surface area (Å²) in [7, 11) is 0. The predicted octanol–water partition coefficient (Wildman–Crippen LogP) is 2.01. The molecule has 1 rings (SSSR count). The van der Waals surface area contributed by atoms with Crippen LogP contribution < -0.4 is 0 Å². The van der Waals surface area contributed by atoms with Crippen molar-refractivity contribution in [2.24, 2.45) is 0 Å². The molecule has 0 saturated carbocycles. The molecule has 1 atom stereocenters. The lowest BCUT2D eigenvalue weighted by molar-refractivity contribution is -0.144. The number of carbonyl (C=O) groups excluding carboxylic acids is 1. The van der Waals surface area contributed by atoms with Crippen molar-refractivity contribution >= 4 is 12.0 Å². The Morgan fingerprint density at radius 3 is 2.75 bits per heavy atom. The molecule has 1 aromatic rings. The van der Waals surface area contributed by atoms with Crippen LogP contribution in [-0.2, 0) is 9.53 Å². The Morgan fingerprint density at radius 2 is 2.12 bits per heavy atom. The van der Waals surface area contributed by atoms with Crippen LogP contribution in [0.2, 0.25) is 0 Å². The van der Waals surface area contributed by atoms with Crippen molar-refractivity contribution in [3.8, 4) is 0 Å². The molecule has 0 aromatic heterocycles. The average molecular weight is 220 g/mol. The number of esters is 1. The molecule has 0 fully saturated rings. The molecule has 1 aromatic carbocycles. The summed E-state index contributed by atoms with van der Waals surface area (Å²) in [6.45, 7) is 1.79.